The van der Waals surface area contributed by atoms with Crippen molar-refractivity contribution in [3.8, 4) is 0 Å². The molecule has 1 fully saturated rings. The number of aromatic nitrogens is 1. The van der Waals surface area contributed by atoms with Crippen LogP contribution in [0.4, 0.5) is 15.6 Å². The number of urea groups is 1. The number of nitrogens with zero attached hydrogens (tertiary/aromatic N) is 2. The van der Waals surface area contributed by atoms with Crippen molar-refractivity contribution in [1.29, 1.82) is 0 Å². The van der Waals surface area contributed by atoms with E-state index in [1.165, 1.54) is 18.4 Å². The van der Waals surface area contributed by atoms with Gasteiger partial charge in [0.25, 0.3) is 0 Å². The third-order valence-electron chi connectivity index (χ3n) is 4.21. The van der Waals surface area contributed by atoms with Crippen LogP contribution in [0.15, 0.2) is 23.6 Å². The number of hydrogen-bond acceptors (Lipinski definition) is 4. The fraction of sp³-hybridized carbons (Fsp3) is 0.444. The molecule has 0 unspecified atom stereocenters. The third kappa shape index (κ3) is 4.26. The number of thiazole rings is 1. The van der Waals surface area contributed by atoms with Gasteiger partial charge in [0.2, 0.25) is 0 Å². The van der Waals surface area contributed by atoms with E-state index in [0.717, 1.165) is 41.6 Å². The van der Waals surface area contributed by atoms with E-state index in [1.807, 2.05) is 26.0 Å². The average Bonchev–Trinajstić information content (AvgIpc) is 3.21. The lowest BCUT2D eigenvalue weighted by atomic mass is 10.1. The van der Waals surface area contributed by atoms with E-state index in [4.69, 9.17) is 0 Å². The van der Waals surface area contributed by atoms with Crippen LogP contribution in [-0.4, -0.2) is 30.6 Å². The normalized spacial score (nSPS) is 14.0. The van der Waals surface area contributed by atoms with Crippen molar-refractivity contribution in [2.24, 2.45) is 0 Å². The first kappa shape index (κ1) is 16.8. The summed E-state index contributed by atoms with van der Waals surface area (Å²) in [5.41, 5.74) is 4.16. The molecular formula is C18H24N4OS. The lowest BCUT2D eigenvalue weighted by Gasteiger charge is -2.12. The van der Waals surface area contributed by atoms with E-state index in [-0.39, 0.29) is 6.03 Å². The van der Waals surface area contributed by atoms with Crippen LogP contribution in [0.25, 0.3) is 0 Å². The number of anilines is 2. The molecule has 1 aliphatic rings. The first-order valence-electron chi connectivity index (χ1n) is 8.43. The number of aryl methyl sites for hydroxylation is 2. The number of amides is 2. The van der Waals surface area contributed by atoms with Crippen LogP contribution in [0.5, 0.6) is 0 Å². The van der Waals surface area contributed by atoms with Crippen LogP contribution in [0.3, 0.4) is 0 Å². The number of carbonyl (C=O) groups excluding carboxylic acids is 1. The maximum atomic E-state index is 12.0. The van der Waals surface area contributed by atoms with Crippen molar-refractivity contribution >= 4 is 28.2 Å². The highest BCUT2D eigenvalue weighted by atomic mass is 32.1. The standard InChI is InChI=1S/C18H24N4OS/c1-13-5-6-16(14(2)11-13)21-17(23)19-8-7-15-12-24-18(20-15)22-9-3-4-10-22/h5-6,11-12H,3-4,7-10H2,1-2H3,(H2,19,21,23). The first-order valence-corrected chi connectivity index (χ1v) is 9.31. The van der Waals surface area contributed by atoms with Crippen molar-refractivity contribution in [1.82, 2.24) is 10.3 Å². The van der Waals surface area contributed by atoms with Gasteiger partial charge in [0, 0.05) is 37.1 Å². The fourth-order valence-electron chi connectivity index (χ4n) is 2.89. The third-order valence-corrected chi connectivity index (χ3v) is 5.16. The summed E-state index contributed by atoms with van der Waals surface area (Å²) in [6.45, 7) is 6.85. The van der Waals surface area contributed by atoms with Gasteiger partial charge in [0.1, 0.15) is 0 Å². The van der Waals surface area contributed by atoms with Gasteiger partial charge in [-0.15, -0.1) is 11.3 Å². The Morgan fingerprint density at radius 1 is 1.29 bits per heavy atom. The first-order chi connectivity index (χ1) is 11.6. The molecule has 0 aliphatic carbocycles. The molecule has 5 nitrogen and oxygen atoms in total. The molecule has 1 aromatic heterocycles. The average molecular weight is 344 g/mol. The van der Waals surface area contributed by atoms with Gasteiger partial charge in [-0.2, -0.15) is 0 Å². The second-order valence-electron chi connectivity index (χ2n) is 6.26. The number of nitrogens with one attached hydrogen (secondary N) is 2. The minimum Gasteiger partial charge on any atom is -0.348 e. The van der Waals surface area contributed by atoms with Crippen LogP contribution >= 0.6 is 11.3 Å². The van der Waals surface area contributed by atoms with E-state index in [9.17, 15) is 4.79 Å². The molecule has 6 heteroatoms. The zero-order valence-electron chi connectivity index (χ0n) is 14.3. The largest absolute Gasteiger partial charge is 0.348 e. The smallest absolute Gasteiger partial charge is 0.319 e. The van der Waals surface area contributed by atoms with Gasteiger partial charge in [0.15, 0.2) is 5.13 Å². The highest BCUT2D eigenvalue weighted by molar-refractivity contribution is 7.13. The van der Waals surface area contributed by atoms with Gasteiger partial charge in [-0.3, -0.25) is 0 Å². The van der Waals surface area contributed by atoms with E-state index in [2.05, 4.69) is 32.0 Å². The summed E-state index contributed by atoms with van der Waals surface area (Å²) in [5.74, 6) is 0. The number of carbonyl (C=O) groups is 1. The van der Waals surface area contributed by atoms with Crippen LogP contribution in [0.1, 0.15) is 29.7 Å². The predicted octanol–water partition coefficient (Wildman–Crippen LogP) is 3.72. The summed E-state index contributed by atoms with van der Waals surface area (Å²) < 4.78 is 0. The molecule has 128 valence electrons. The van der Waals surface area contributed by atoms with Crippen LogP contribution < -0.4 is 15.5 Å². The molecule has 2 N–H and O–H groups in total. The maximum absolute atomic E-state index is 12.0. The molecule has 1 aromatic carbocycles. The van der Waals surface area contributed by atoms with Crippen LogP contribution in [0.2, 0.25) is 0 Å². The Balaban J connectivity index is 1.45. The Labute approximate surface area is 147 Å². The molecule has 0 radical (unpaired) electrons. The summed E-state index contributed by atoms with van der Waals surface area (Å²) in [6.07, 6.45) is 3.27. The van der Waals surface area contributed by atoms with Gasteiger partial charge >= 0.3 is 6.03 Å². The summed E-state index contributed by atoms with van der Waals surface area (Å²) in [4.78, 5) is 19.0. The van der Waals surface area contributed by atoms with E-state index >= 15 is 0 Å². The molecule has 0 saturated carbocycles. The molecule has 0 spiro atoms. The van der Waals surface area contributed by atoms with Crippen molar-refractivity contribution in [2.45, 2.75) is 33.1 Å². The zero-order chi connectivity index (χ0) is 16.9. The molecule has 0 bridgehead atoms. The Bertz CT molecular complexity index is 707. The summed E-state index contributed by atoms with van der Waals surface area (Å²) in [6, 6.07) is 5.83. The van der Waals surface area contributed by atoms with Crippen molar-refractivity contribution in [3.05, 3.63) is 40.4 Å². The van der Waals surface area contributed by atoms with E-state index < -0.39 is 0 Å². The van der Waals surface area contributed by atoms with E-state index in [0.29, 0.717) is 6.54 Å². The summed E-state index contributed by atoms with van der Waals surface area (Å²) in [7, 11) is 0. The number of benzene rings is 1. The Kier molecular flexibility index (Phi) is 5.35. The SMILES string of the molecule is Cc1ccc(NC(=O)NCCc2csc(N3CCCC3)n2)c(C)c1. The summed E-state index contributed by atoms with van der Waals surface area (Å²) in [5, 5.41) is 9.01. The number of rotatable bonds is 5. The van der Waals surface area contributed by atoms with Crippen molar-refractivity contribution in [3.63, 3.8) is 0 Å². The summed E-state index contributed by atoms with van der Waals surface area (Å²) >= 11 is 1.70. The van der Waals surface area contributed by atoms with Gasteiger partial charge in [-0.25, -0.2) is 9.78 Å². The lowest BCUT2D eigenvalue weighted by Crippen LogP contribution is -2.30. The molecule has 2 heterocycles. The lowest BCUT2D eigenvalue weighted by molar-refractivity contribution is 0.252. The monoisotopic (exact) mass is 344 g/mol. The maximum Gasteiger partial charge on any atom is 0.319 e. The molecule has 24 heavy (non-hydrogen) atoms. The predicted molar refractivity (Wildman–Crippen MR) is 100 cm³/mol. The molecular weight excluding hydrogens is 320 g/mol. The molecule has 3 rings (SSSR count). The molecule has 2 aromatic rings. The van der Waals surface area contributed by atoms with Gasteiger partial charge in [0.05, 0.1) is 5.69 Å². The second-order valence-corrected chi connectivity index (χ2v) is 7.10. The van der Waals surface area contributed by atoms with Crippen LogP contribution in [0, 0.1) is 13.8 Å². The Morgan fingerprint density at radius 2 is 2.08 bits per heavy atom. The van der Waals surface area contributed by atoms with Gasteiger partial charge < -0.3 is 15.5 Å². The minimum absolute atomic E-state index is 0.169. The highest BCUT2D eigenvalue weighted by Gasteiger charge is 2.15. The van der Waals surface area contributed by atoms with Crippen molar-refractivity contribution < 1.29 is 4.79 Å². The molecule has 1 saturated heterocycles. The number of hydrogen-bond donors (Lipinski definition) is 2. The van der Waals surface area contributed by atoms with Gasteiger partial charge in [-0.1, -0.05) is 17.7 Å². The van der Waals surface area contributed by atoms with E-state index in [1.54, 1.807) is 11.3 Å². The fourth-order valence-corrected chi connectivity index (χ4v) is 3.80. The second kappa shape index (κ2) is 7.66. The Hall–Kier alpha value is -2.08. The van der Waals surface area contributed by atoms with Gasteiger partial charge in [-0.05, 0) is 38.3 Å². The minimum atomic E-state index is -0.169. The highest BCUT2D eigenvalue weighted by Crippen LogP contribution is 2.24. The Morgan fingerprint density at radius 3 is 2.83 bits per heavy atom. The van der Waals surface area contributed by atoms with Crippen LogP contribution in [-0.2, 0) is 6.42 Å². The van der Waals surface area contributed by atoms with Crippen molar-refractivity contribution in [2.75, 3.05) is 29.9 Å². The topological polar surface area (TPSA) is 57.3 Å². The molecule has 0 atom stereocenters. The molecule has 1 aliphatic heterocycles. The molecule has 2 amide bonds. The zero-order valence-corrected chi connectivity index (χ0v) is 15.1. The quantitative estimate of drug-likeness (QED) is 0.869.